The van der Waals surface area contributed by atoms with Crippen LogP contribution in [0.25, 0.3) is 11.4 Å². The number of benzene rings is 1. The fraction of sp³-hybridized carbons (Fsp3) is 0.333. The molecule has 1 aromatic carbocycles. The van der Waals surface area contributed by atoms with E-state index in [-0.39, 0.29) is 0 Å². The van der Waals surface area contributed by atoms with E-state index in [2.05, 4.69) is 40.3 Å². The maximum Gasteiger partial charge on any atom is 0.206 e. The number of hydrogen-bond donors (Lipinski definition) is 2. The van der Waals surface area contributed by atoms with E-state index in [1.165, 1.54) is 0 Å². The third kappa shape index (κ3) is 2.99. The van der Waals surface area contributed by atoms with E-state index in [1.54, 1.807) is 6.07 Å². The van der Waals surface area contributed by atoms with Crippen LogP contribution in [0.1, 0.15) is 19.4 Å². The van der Waals surface area contributed by atoms with Crippen molar-refractivity contribution >= 4 is 15.6 Å². The van der Waals surface area contributed by atoms with Gasteiger partial charge in [0.25, 0.3) is 0 Å². The standard InChI is InChI=1S/C12H17N5OS/c1-8(2)7-9-5-4-6-10(19(3,13)18)11(9)12-14-16-17-15-12/h4-6,8H,3,7H2,1-2H3,(H2,13,18)(H,14,15,16,17). The summed E-state index contributed by atoms with van der Waals surface area (Å²) in [5.41, 5.74) is 1.67. The molecule has 0 aliphatic rings. The summed E-state index contributed by atoms with van der Waals surface area (Å²) in [4.78, 5) is 0.465. The Hall–Kier alpha value is -1.73. The highest BCUT2D eigenvalue weighted by molar-refractivity contribution is 7.98. The van der Waals surface area contributed by atoms with E-state index in [0.29, 0.717) is 22.2 Å². The predicted molar refractivity (Wildman–Crippen MR) is 75.9 cm³/mol. The molecule has 1 unspecified atom stereocenters. The molecule has 2 rings (SSSR count). The molecule has 102 valence electrons. The minimum atomic E-state index is -2.84. The summed E-state index contributed by atoms with van der Waals surface area (Å²) < 4.78 is 12.1. The summed E-state index contributed by atoms with van der Waals surface area (Å²) in [7, 11) is -2.84. The molecule has 19 heavy (non-hydrogen) atoms. The van der Waals surface area contributed by atoms with Gasteiger partial charge in [-0.1, -0.05) is 26.0 Å². The molecule has 0 radical (unpaired) electrons. The molecular weight excluding hydrogens is 262 g/mol. The molecule has 1 atom stereocenters. The van der Waals surface area contributed by atoms with Gasteiger partial charge >= 0.3 is 0 Å². The lowest BCUT2D eigenvalue weighted by molar-refractivity contribution is 0.646. The number of nitrogens with two attached hydrogens (primary N) is 1. The molecule has 0 fully saturated rings. The van der Waals surface area contributed by atoms with Crippen molar-refractivity contribution in [2.45, 2.75) is 25.2 Å². The summed E-state index contributed by atoms with van der Waals surface area (Å²) >= 11 is 0. The number of aromatic nitrogens is 4. The van der Waals surface area contributed by atoms with E-state index in [0.717, 1.165) is 12.0 Å². The molecule has 2 aromatic rings. The quantitative estimate of drug-likeness (QED) is 0.816. The van der Waals surface area contributed by atoms with Crippen LogP contribution in [0.2, 0.25) is 0 Å². The highest BCUT2D eigenvalue weighted by Crippen LogP contribution is 2.29. The number of tetrazole rings is 1. The topological polar surface area (TPSA) is 97.5 Å². The lowest BCUT2D eigenvalue weighted by Gasteiger charge is -2.14. The summed E-state index contributed by atoms with van der Waals surface area (Å²) in [5.74, 6) is 4.39. The number of nitrogens with one attached hydrogen (secondary N) is 1. The lowest BCUT2D eigenvalue weighted by atomic mass is 9.97. The highest BCUT2D eigenvalue weighted by atomic mass is 32.2. The van der Waals surface area contributed by atoms with Crippen molar-refractivity contribution in [1.29, 1.82) is 0 Å². The van der Waals surface area contributed by atoms with Crippen molar-refractivity contribution in [2.24, 2.45) is 11.1 Å². The number of H-pyrrole nitrogens is 1. The van der Waals surface area contributed by atoms with Crippen LogP contribution in [-0.4, -0.2) is 30.7 Å². The van der Waals surface area contributed by atoms with E-state index in [4.69, 9.17) is 5.14 Å². The normalized spacial score (nSPS) is 14.5. The first-order valence-electron chi connectivity index (χ1n) is 5.90. The molecule has 1 heterocycles. The summed E-state index contributed by atoms with van der Waals surface area (Å²) in [6, 6.07) is 5.49. The molecule has 0 bridgehead atoms. The number of aromatic amines is 1. The molecule has 7 heteroatoms. The van der Waals surface area contributed by atoms with E-state index in [9.17, 15) is 4.21 Å². The maximum atomic E-state index is 12.1. The second kappa shape index (κ2) is 5.10. The fourth-order valence-corrected chi connectivity index (χ4v) is 2.87. The fourth-order valence-electron chi connectivity index (χ4n) is 2.00. The van der Waals surface area contributed by atoms with Crippen molar-refractivity contribution < 1.29 is 4.21 Å². The van der Waals surface area contributed by atoms with Crippen LogP contribution >= 0.6 is 0 Å². The monoisotopic (exact) mass is 279 g/mol. The van der Waals surface area contributed by atoms with Crippen LogP contribution in [0.4, 0.5) is 0 Å². The van der Waals surface area contributed by atoms with Crippen molar-refractivity contribution in [3.05, 3.63) is 23.8 Å². The van der Waals surface area contributed by atoms with Crippen molar-refractivity contribution in [2.75, 3.05) is 0 Å². The molecule has 6 nitrogen and oxygen atoms in total. The van der Waals surface area contributed by atoms with Crippen LogP contribution < -0.4 is 5.14 Å². The minimum absolute atomic E-state index is 0.396. The highest BCUT2D eigenvalue weighted by Gasteiger charge is 2.18. The Balaban J connectivity index is 2.70. The van der Waals surface area contributed by atoms with Gasteiger partial charge in [0.15, 0.2) is 0 Å². The van der Waals surface area contributed by atoms with Gasteiger partial charge in [0.05, 0.1) is 14.6 Å². The molecule has 0 aliphatic carbocycles. The molecule has 0 aliphatic heterocycles. The van der Waals surface area contributed by atoms with Crippen LogP contribution in [0.5, 0.6) is 0 Å². The smallest absolute Gasteiger partial charge is 0.206 e. The van der Waals surface area contributed by atoms with Gasteiger partial charge in [-0.15, -0.1) is 10.2 Å². The summed E-state index contributed by atoms with van der Waals surface area (Å²) in [6.45, 7) is 4.22. The van der Waals surface area contributed by atoms with Crippen molar-refractivity contribution in [3.63, 3.8) is 0 Å². The average Bonchev–Trinajstić information content (AvgIpc) is 2.80. The maximum absolute atomic E-state index is 12.1. The molecule has 0 saturated carbocycles. The second-order valence-corrected chi connectivity index (χ2v) is 6.74. The molecule has 3 N–H and O–H groups in total. The molecular formula is C12H17N5OS. The van der Waals surface area contributed by atoms with Crippen molar-refractivity contribution in [1.82, 2.24) is 20.6 Å². The van der Waals surface area contributed by atoms with Gasteiger partial charge in [0.2, 0.25) is 5.82 Å². The predicted octanol–water partition coefficient (Wildman–Crippen LogP) is 1.01. The third-order valence-corrected chi connectivity index (χ3v) is 3.77. The first-order valence-corrected chi connectivity index (χ1v) is 7.69. The molecule has 0 amide bonds. The Morgan fingerprint density at radius 3 is 2.74 bits per heavy atom. The average molecular weight is 279 g/mol. The minimum Gasteiger partial charge on any atom is -0.256 e. The third-order valence-electron chi connectivity index (χ3n) is 2.68. The van der Waals surface area contributed by atoms with Gasteiger partial charge in [-0.25, -0.2) is 4.21 Å². The second-order valence-electron chi connectivity index (χ2n) is 4.85. The Kier molecular flexibility index (Phi) is 3.68. The van der Waals surface area contributed by atoms with Gasteiger partial charge in [-0.05, 0) is 35.1 Å². The van der Waals surface area contributed by atoms with Gasteiger partial charge in [-0.3, -0.25) is 5.14 Å². The summed E-state index contributed by atoms with van der Waals surface area (Å²) in [6.07, 6.45) is 0.813. The molecule has 0 spiro atoms. The van der Waals surface area contributed by atoms with Gasteiger partial charge in [0.1, 0.15) is 0 Å². The van der Waals surface area contributed by atoms with Crippen LogP contribution in [0, 0.1) is 5.92 Å². The van der Waals surface area contributed by atoms with E-state index < -0.39 is 9.71 Å². The molecule has 0 saturated heterocycles. The number of rotatable bonds is 4. The Morgan fingerprint density at radius 1 is 1.47 bits per heavy atom. The zero-order valence-corrected chi connectivity index (χ0v) is 11.8. The van der Waals surface area contributed by atoms with Crippen LogP contribution in [0.15, 0.2) is 23.1 Å². The van der Waals surface area contributed by atoms with Gasteiger partial charge in [-0.2, -0.15) is 5.21 Å². The summed E-state index contributed by atoms with van der Waals surface area (Å²) in [5, 5.41) is 19.6. The Morgan fingerprint density at radius 2 is 2.21 bits per heavy atom. The zero-order chi connectivity index (χ0) is 14.0. The van der Waals surface area contributed by atoms with E-state index in [1.807, 2.05) is 12.1 Å². The number of nitrogens with zero attached hydrogens (tertiary/aromatic N) is 3. The number of hydrogen-bond acceptors (Lipinski definition) is 4. The Labute approximate surface area is 112 Å². The largest absolute Gasteiger partial charge is 0.256 e. The van der Waals surface area contributed by atoms with Gasteiger partial charge in [0, 0.05) is 5.56 Å². The zero-order valence-electron chi connectivity index (χ0n) is 11.0. The molecule has 1 aromatic heterocycles. The van der Waals surface area contributed by atoms with Crippen LogP contribution in [-0.2, 0) is 16.1 Å². The first-order chi connectivity index (χ1) is 8.89. The van der Waals surface area contributed by atoms with Gasteiger partial charge < -0.3 is 0 Å². The lowest BCUT2D eigenvalue weighted by Crippen LogP contribution is -2.15. The Bertz CT molecular complexity index is 661. The van der Waals surface area contributed by atoms with Crippen molar-refractivity contribution in [3.8, 4) is 11.4 Å². The van der Waals surface area contributed by atoms with E-state index >= 15 is 0 Å². The first kappa shape index (κ1) is 13.7. The van der Waals surface area contributed by atoms with Crippen LogP contribution in [0.3, 0.4) is 0 Å². The SMILES string of the molecule is C=S(N)(=O)c1cccc(CC(C)C)c1-c1nn[nH]n1.